The van der Waals surface area contributed by atoms with Gasteiger partial charge < -0.3 is 30.7 Å². The maximum Gasteiger partial charge on any atom is 0.338 e. The lowest BCUT2D eigenvalue weighted by molar-refractivity contribution is 0.0601. The van der Waals surface area contributed by atoms with E-state index in [1.165, 1.54) is 13.5 Å². The van der Waals surface area contributed by atoms with Crippen molar-refractivity contribution in [3.63, 3.8) is 0 Å². The van der Waals surface area contributed by atoms with Gasteiger partial charge in [-0.3, -0.25) is 0 Å². The van der Waals surface area contributed by atoms with Crippen LogP contribution in [0.1, 0.15) is 65.3 Å². The first-order valence-electron chi connectivity index (χ1n) is 13.7. The zero-order chi connectivity index (χ0) is 26.8. The molecular weight excluding hydrogens is 490 g/mol. The van der Waals surface area contributed by atoms with E-state index >= 15 is 0 Å². The summed E-state index contributed by atoms with van der Waals surface area (Å²) in [6.07, 6.45) is 8.23. The molecule has 39 heavy (non-hydrogen) atoms. The van der Waals surface area contributed by atoms with Crippen LogP contribution in [0.2, 0.25) is 0 Å². The molecule has 2 aliphatic heterocycles. The molecule has 0 saturated carbocycles. The van der Waals surface area contributed by atoms with Gasteiger partial charge in [-0.25, -0.2) is 14.8 Å². The standard InChI is InChI=1S/C30H35N7O2/c1-31-15-20-13-18(26-16-34-28(36-26)24-5-3-11-32-24)7-9-21(20)22-10-8-19(14-23(22)30(38)39-2)27-17-35-29(37-27)25-6-4-12-33-25/h7-10,13-14,16-17,24-25,31-33H,3-6,11-12,15H2,1-2H3,(H,34,36)(H,35,37)/t24-,25-/m0/s1. The van der Waals surface area contributed by atoms with Crippen LogP contribution in [-0.4, -0.2) is 53.2 Å². The largest absolute Gasteiger partial charge is 0.465 e. The van der Waals surface area contributed by atoms with Gasteiger partial charge >= 0.3 is 5.97 Å². The molecular formula is C30H35N7O2. The number of aromatic nitrogens is 4. The molecule has 2 aromatic heterocycles. The van der Waals surface area contributed by atoms with E-state index in [0.29, 0.717) is 12.1 Å². The third-order valence-electron chi connectivity index (χ3n) is 7.78. The quantitative estimate of drug-likeness (QED) is 0.215. The van der Waals surface area contributed by atoms with E-state index in [4.69, 9.17) is 4.74 Å². The summed E-state index contributed by atoms with van der Waals surface area (Å²) in [4.78, 5) is 29.2. The number of rotatable bonds is 8. The van der Waals surface area contributed by atoms with Crippen LogP contribution >= 0.6 is 0 Å². The highest BCUT2D eigenvalue weighted by molar-refractivity contribution is 5.99. The molecule has 9 nitrogen and oxygen atoms in total. The zero-order valence-electron chi connectivity index (χ0n) is 22.4. The predicted octanol–water partition coefficient (Wildman–Crippen LogP) is 4.49. The molecule has 6 rings (SSSR count). The lowest BCUT2D eigenvalue weighted by Gasteiger charge is -2.15. The molecule has 0 spiro atoms. The fraction of sp³-hybridized carbons (Fsp3) is 0.367. The van der Waals surface area contributed by atoms with E-state index in [9.17, 15) is 4.79 Å². The Labute approximate surface area is 228 Å². The molecule has 2 aromatic carbocycles. The number of nitrogens with zero attached hydrogens (tertiary/aromatic N) is 2. The zero-order valence-corrected chi connectivity index (χ0v) is 22.4. The van der Waals surface area contributed by atoms with Gasteiger partial charge in [-0.2, -0.15) is 0 Å². The van der Waals surface area contributed by atoms with Crippen molar-refractivity contribution in [2.45, 2.75) is 44.3 Å². The molecule has 2 fully saturated rings. The number of methoxy groups -OCH3 is 1. The Kier molecular flexibility index (Phi) is 7.28. The van der Waals surface area contributed by atoms with Crippen molar-refractivity contribution in [1.82, 2.24) is 35.9 Å². The average Bonchev–Trinajstić information content (AvgIpc) is 3.78. The van der Waals surface area contributed by atoms with Gasteiger partial charge in [0, 0.05) is 12.1 Å². The summed E-state index contributed by atoms with van der Waals surface area (Å²) in [5.41, 5.74) is 7.24. The van der Waals surface area contributed by atoms with Gasteiger partial charge in [0.05, 0.1) is 48.5 Å². The average molecular weight is 526 g/mol. The van der Waals surface area contributed by atoms with Gasteiger partial charge in [-0.15, -0.1) is 0 Å². The lowest BCUT2D eigenvalue weighted by atomic mass is 9.91. The number of ether oxygens (including phenoxy) is 1. The summed E-state index contributed by atoms with van der Waals surface area (Å²) < 4.78 is 5.21. The minimum absolute atomic E-state index is 0.251. The number of hydrogen-bond acceptors (Lipinski definition) is 7. The first-order valence-corrected chi connectivity index (χ1v) is 13.7. The van der Waals surface area contributed by atoms with Crippen molar-refractivity contribution in [3.8, 4) is 33.6 Å². The Morgan fingerprint density at radius 2 is 1.49 bits per heavy atom. The fourth-order valence-corrected chi connectivity index (χ4v) is 5.74. The molecule has 0 aliphatic carbocycles. The van der Waals surface area contributed by atoms with Crippen LogP contribution in [-0.2, 0) is 11.3 Å². The van der Waals surface area contributed by atoms with E-state index in [0.717, 1.165) is 83.2 Å². The van der Waals surface area contributed by atoms with Crippen LogP contribution in [0.4, 0.5) is 0 Å². The highest BCUT2D eigenvalue weighted by Crippen LogP contribution is 2.34. The van der Waals surface area contributed by atoms with Crippen LogP contribution in [0.5, 0.6) is 0 Å². The third-order valence-corrected chi connectivity index (χ3v) is 7.78. The van der Waals surface area contributed by atoms with Gasteiger partial charge in [-0.05, 0) is 80.2 Å². The summed E-state index contributed by atoms with van der Waals surface area (Å²) in [5.74, 6) is 1.55. The van der Waals surface area contributed by atoms with E-state index < -0.39 is 0 Å². The number of carbonyl (C=O) groups excluding carboxylic acids is 1. The fourth-order valence-electron chi connectivity index (χ4n) is 5.74. The van der Waals surface area contributed by atoms with Gasteiger partial charge in [0.1, 0.15) is 11.6 Å². The smallest absolute Gasteiger partial charge is 0.338 e. The number of benzene rings is 2. The second kappa shape index (κ2) is 11.1. The molecule has 0 radical (unpaired) electrons. The predicted molar refractivity (Wildman–Crippen MR) is 151 cm³/mol. The topological polar surface area (TPSA) is 120 Å². The summed E-state index contributed by atoms with van der Waals surface area (Å²) in [5, 5.41) is 10.3. The van der Waals surface area contributed by atoms with Crippen LogP contribution in [0.25, 0.3) is 33.6 Å². The van der Waals surface area contributed by atoms with Crippen molar-refractivity contribution < 1.29 is 9.53 Å². The van der Waals surface area contributed by atoms with Crippen molar-refractivity contribution in [2.75, 3.05) is 27.2 Å². The first-order chi connectivity index (χ1) is 19.1. The number of nitrogens with one attached hydrogen (secondary N) is 5. The molecule has 4 aromatic rings. The van der Waals surface area contributed by atoms with Gasteiger partial charge in [0.25, 0.3) is 0 Å². The Morgan fingerprint density at radius 1 is 0.897 bits per heavy atom. The number of H-pyrrole nitrogens is 2. The molecule has 0 amide bonds. The molecule has 2 atom stereocenters. The summed E-state index contributed by atoms with van der Waals surface area (Å²) in [7, 11) is 3.35. The molecule has 9 heteroatoms. The summed E-state index contributed by atoms with van der Waals surface area (Å²) in [6.45, 7) is 2.69. The van der Waals surface area contributed by atoms with Crippen LogP contribution in [0.15, 0.2) is 48.8 Å². The number of esters is 1. The van der Waals surface area contributed by atoms with Crippen molar-refractivity contribution in [2.24, 2.45) is 0 Å². The first kappa shape index (κ1) is 25.5. The Bertz CT molecular complexity index is 1460. The molecule has 5 N–H and O–H groups in total. The van der Waals surface area contributed by atoms with Crippen LogP contribution in [0, 0.1) is 0 Å². The molecule has 2 saturated heterocycles. The normalized spacial score (nSPS) is 19.0. The Balaban J connectivity index is 1.35. The van der Waals surface area contributed by atoms with Crippen molar-refractivity contribution >= 4 is 5.97 Å². The number of hydrogen-bond donors (Lipinski definition) is 5. The van der Waals surface area contributed by atoms with Crippen LogP contribution in [0.3, 0.4) is 0 Å². The minimum atomic E-state index is -0.370. The number of aromatic amines is 2. The highest BCUT2D eigenvalue weighted by atomic mass is 16.5. The monoisotopic (exact) mass is 525 g/mol. The van der Waals surface area contributed by atoms with Gasteiger partial charge in [-0.1, -0.05) is 24.3 Å². The van der Waals surface area contributed by atoms with E-state index in [2.05, 4.69) is 54.1 Å². The van der Waals surface area contributed by atoms with Crippen molar-refractivity contribution in [3.05, 3.63) is 71.6 Å². The van der Waals surface area contributed by atoms with E-state index in [1.807, 2.05) is 37.6 Å². The van der Waals surface area contributed by atoms with Gasteiger partial charge in [0.2, 0.25) is 0 Å². The van der Waals surface area contributed by atoms with Crippen LogP contribution < -0.4 is 16.0 Å². The maximum atomic E-state index is 13.0. The van der Waals surface area contributed by atoms with Gasteiger partial charge in [0.15, 0.2) is 0 Å². The molecule has 4 heterocycles. The SMILES string of the molecule is CNCc1cc(-c2cnc([C@@H]3CCCN3)[nH]2)ccc1-c1ccc(-c2cnc([C@@H]3CCCN3)[nH]2)cc1C(=O)OC. The number of imidazole rings is 2. The second-order valence-corrected chi connectivity index (χ2v) is 10.3. The van der Waals surface area contributed by atoms with Crippen molar-refractivity contribution in [1.29, 1.82) is 0 Å². The molecule has 202 valence electrons. The summed E-state index contributed by atoms with van der Waals surface area (Å²) in [6, 6.07) is 12.8. The van der Waals surface area contributed by atoms with E-state index in [1.54, 1.807) is 0 Å². The minimum Gasteiger partial charge on any atom is -0.465 e. The lowest BCUT2D eigenvalue weighted by Crippen LogP contribution is -2.14. The third kappa shape index (κ3) is 5.13. The highest BCUT2D eigenvalue weighted by Gasteiger charge is 2.22. The maximum absolute atomic E-state index is 13.0. The Morgan fingerprint density at radius 3 is 2.03 bits per heavy atom. The summed E-state index contributed by atoms with van der Waals surface area (Å²) >= 11 is 0. The Hall–Kier alpha value is -3.79. The van der Waals surface area contributed by atoms with E-state index in [-0.39, 0.29) is 18.1 Å². The molecule has 2 aliphatic rings. The number of carbonyl (C=O) groups is 1. The molecule has 0 bridgehead atoms. The second-order valence-electron chi connectivity index (χ2n) is 10.3. The molecule has 0 unspecified atom stereocenters.